The summed E-state index contributed by atoms with van der Waals surface area (Å²) < 4.78 is 9.98. The van der Waals surface area contributed by atoms with E-state index in [9.17, 15) is 9.59 Å². The van der Waals surface area contributed by atoms with Gasteiger partial charge in [-0.15, -0.1) is 0 Å². The fourth-order valence-electron chi connectivity index (χ4n) is 1.86. The predicted octanol–water partition coefficient (Wildman–Crippen LogP) is 1.19. The van der Waals surface area contributed by atoms with E-state index in [0.717, 1.165) is 0 Å². The lowest BCUT2D eigenvalue weighted by Crippen LogP contribution is -2.50. The highest BCUT2D eigenvalue weighted by molar-refractivity contribution is 5.91. The predicted molar refractivity (Wildman–Crippen MR) is 63.2 cm³/mol. The van der Waals surface area contributed by atoms with E-state index in [2.05, 4.69) is 0 Å². The Morgan fingerprint density at radius 2 is 1.94 bits per heavy atom. The number of ether oxygens (including phenoxy) is 1. The van der Waals surface area contributed by atoms with Crippen molar-refractivity contribution in [2.24, 2.45) is 0 Å². The average molecular weight is 252 g/mol. The summed E-state index contributed by atoms with van der Waals surface area (Å²) in [5, 5.41) is 0. The Morgan fingerprint density at radius 1 is 1.28 bits per heavy atom. The Balaban J connectivity index is 1.87. The number of carbonyl (C=O) groups is 2. The van der Waals surface area contributed by atoms with Gasteiger partial charge in [0, 0.05) is 26.2 Å². The molecule has 0 bridgehead atoms. The summed E-state index contributed by atoms with van der Waals surface area (Å²) in [6, 6.07) is 3.32. The van der Waals surface area contributed by atoms with E-state index in [0.29, 0.717) is 38.5 Å². The van der Waals surface area contributed by atoms with Crippen LogP contribution in [0, 0.1) is 0 Å². The molecule has 0 unspecified atom stereocenters. The second-order valence-corrected chi connectivity index (χ2v) is 3.96. The molecule has 2 amide bonds. The molecule has 0 saturated carbocycles. The maximum atomic E-state index is 12.0. The van der Waals surface area contributed by atoms with Gasteiger partial charge in [-0.2, -0.15) is 0 Å². The summed E-state index contributed by atoms with van der Waals surface area (Å²) in [4.78, 5) is 26.7. The van der Waals surface area contributed by atoms with Crippen LogP contribution < -0.4 is 0 Å². The van der Waals surface area contributed by atoms with E-state index in [4.69, 9.17) is 9.15 Å². The number of hydrogen-bond donors (Lipinski definition) is 0. The van der Waals surface area contributed by atoms with Crippen molar-refractivity contribution >= 4 is 12.0 Å². The summed E-state index contributed by atoms with van der Waals surface area (Å²) in [5.74, 6) is 0.197. The fourth-order valence-corrected chi connectivity index (χ4v) is 1.86. The van der Waals surface area contributed by atoms with Gasteiger partial charge in [-0.3, -0.25) is 4.79 Å². The van der Waals surface area contributed by atoms with Crippen molar-refractivity contribution in [3.8, 4) is 0 Å². The lowest BCUT2D eigenvalue weighted by atomic mass is 10.3. The van der Waals surface area contributed by atoms with Crippen molar-refractivity contribution in [3.63, 3.8) is 0 Å². The van der Waals surface area contributed by atoms with Crippen molar-refractivity contribution in [3.05, 3.63) is 24.2 Å². The number of amides is 2. The van der Waals surface area contributed by atoms with Crippen LogP contribution in [0.5, 0.6) is 0 Å². The first-order valence-electron chi connectivity index (χ1n) is 5.97. The molecule has 1 aromatic heterocycles. The van der Waals surface area contributed by atoms with Crippen LogP contribution in [0.25, 0.3) is 0 Å². The monoisotopic (exact) mass is 252 g/mol. The third-order valence-corrected chi connectivity index (χ3v) is 2.82. The van der Waals surface area contributed by atoms with Crippen LogP contribution in [-0.2, 0) is 4.74 Å². The molecule has 1 saturated heterocycles. The molecule has 1 aliphatic rings. The van der Waals surface area contributed by atoms with E-state index in [1.165, 1.54) is 6.26 Å². The Kier molecular flexibility index (Phi) is 3.86. The van der Waals surface area contributed by atoms with Crippen molar-refractivity contribution < 1.29 is 18.7 Å². The van der Waals surface area contributed by atoms with E-state index in [1.807, 2.05) is 0 Å². The van der Waals surface area contributed by atoms with Crippen LogP contribution in [0.15, 0.2) is 22.8 Å². The van der Waals surface area contributed by atoms with Gasteiger partial charge in [0.05, 0.1) is 12.9 Å². The molecular formula is C12H16N2O4. The first kappa shape index (κ1) is 12.5. The Hall–Kier alpha value is -1.98. The van der Waals surface area contributed by atoms with Crippen LogP contribution in [-0.4, -0.2) is 54.6 Å². The van der Waals surface area contributed by atoms with Gasteiger partial charge in [0.2, 0.25) is 0 Å². The molecule has 2 rings (SSSR count). The van der Waals surface area contributed by atoms with Crippen LogP contribution in [0.2, 0.25) is 0 Å². The zero-order valence-corrected chi connectivity index (χ0v) is 10.3. The number of piperazine rings is 1. The second kappa shape index (κ2) is 5.57. The van der Waals surface area contributed by atoms with Gasteiger partial charge in [0.1, 0.15) is 0 Å². The number of rotatable bonds is 2. The van der Waals surface area contributed by atoms with Crippen LogP contribution in [0.3, 0.4) is 0 Å². The summed E-state index contributed by atoms with van der Waals surface area (Å²) in [6.45, 7) is 4.12. The number of nitrogens with zero attached hydrogens (tertiary/aromatic N) is 2. The Morgan fingerprint density at radius 3 is 2.50 bits per heavy atom. The van der Waals surface area contributed by atoms with Crippen molar-refractivity contribution in [2.45, 2.75) is 6.92 Å². The highest BCUT2D eigenvalue weighted by Crippen LogP contribution is 2.09. The fraction of sp³-hybridized carbons (Fsp3) is 0.500. The van der Waals surface area contributed by atoms with Gasteiger partial charge in [-0.05, 0) is 19.1 Å². The number of furan rings is 1. The minimum Gasteiger partial charge on any atom is -0.459 e. The molecular weight excluding hydrogens is 236 g/mol. The van der Waals surface area contributed by atoms with E-state index < -0.39 is 0 Å². The quantitative estimate of drug-likeness (QED) is 0.793. The molecule has 0 N–H and O–H groups in total. The van der Waals surface area contributed by atoms with Crippen molar-refractivity contribution in [1.29, 1.82) is 0 Å². The first-order chi connectivity index (χ1) is 8.72. The third kappa shape index (κ3) is 2.64. The molecule has 6 nitrogen and oxygen atoms in total. The molecule has 2 heterocycles. The van der Waals surface area contributed by atoms with Gasteiger partial charge in [-0.1, -0.05) is 0 Å². The summed E-state index contributed by atoms with van der Waals surface area (Å²) in [6.07, 6.45) is 1.16. The molecule has 0 aromatic carbocycles. The molecule has 0 spiro atoms. The second-order valence-electron chi connectivity index (χ2n) is 3.96. The minimum absolute atomic E-state index is 0.136. The maximum absolute atomic E-state index is 12.0. The lowest BCUT2D eigenvalue weighted by Gasteiger charge is -2.33. The van der Waals surface area contributed by atoms with Crippen molar-refractivity contribution in [1.82, 2.24) is 9.80 Å². The minimum atomic E-state index is -0.317. The molecule has 18 heavy (non-hydrogen) atoms. The van der Waals surface area contributed by atoms with Gasteiger partial charge < -0.3 is 19.0 Å². The van der Waals surface area contributed by atoms with Crippen LogP contribution in [0.1, 0.15) is 17.5 Å². The first-order valence-corrected chi connectivity index (χ1v) is 5.97. The molecule has 6 heteroatoms. The van der Waals surface area contributed by atoms with Crippen LogP contribution in [0.4, 0.5) is 4.79 Å². The SMILES string of the molecule is CCOC(=O)N1CCN(C(=O)c2ccco2)CC1. The van der Waals surface area contributed by atoms with E-state index in [-0.39, 0.29) is 12.0 Å². The molecule has 98 valence electrons. The summed E-state index contributed by atoms with van der Waals surface area (Å²) >= 11 is 0. The van der Waals surface area contributed by atoms with Crippen molar-refractivity contribution in [2.75, 3.05) is 32.8 Å². The molecule has 1 aromatic rings. The largest absolute Gasteiger partial charge is 0.459 e. The van der Waals surface area contributed by atoms with E-state index >= 15 is 0 Å². The zero-order chi connectivity index (χ0) is 13.0. The average Bonchev–Trinajstić information content (AvgIpc) is 2.92. The molecule has 0 aliphatic carbocycles. The Bertz CT molecular complexity index is 408. The molecule has 1 fully saturated rings. The van der Waals surface area contributed by atoms with Gasteiger partial charge in [0.25, 0.3) is 5.91 Å². The third-order valence-electron chi connectivity index (χ3n) is 2.82. The highest BCUT2D eigenvalue weighted by Gasteiger charge is 2.26. The van der Waals surface area contributed by atoms with Gasteiger partial charge in [0.15, 0.2) is 5.76 Å². The van der Waals surface area contributed by atoms with Gasteiger partial charge >= 0.3 is 6.09 Å². The highest BCUT2D eigenvalue weighted by atomic mass is 16.6. The molecule has 0 atom stereocenters. The Labute approximate surface area is 105 Å². The summed E-state index contributed by atoms with van der Waals surface area (Å²) in [5.41, 5.74) is 0. The standard InChI is InChI=1S/C12H16N2O4/c1-2-17-12(16)14-7-5-13(6-8-14)11(15)10-4-3-9-18-10/h3-4,9H,2,5-8H2,1H3. The van der Waals surface area contributed by atoms with E-state index in [1.54, 1.807) is 28.9 Å². The number of hydrogen-bond acceptors (Lipinski definition) is 4. The zero-order valence-electron chi connectivity index (χ0n) is 10.3. The molecule has 0 radical (unpaired) electrons. The summed E-state index contributed by atoms with van der Waals surface area (Å²) in [7, 11) is 0. The lowest BCUT2D eigenvalue weighted by molar-refractivity contribution is 0.0546. The molecule has 1 aliphatic heterocycles. The number of carbonyl (C=O) groups excluding carboxylic acids is 2. The topological polar surface area (TPSA) is 63.0 Å². The normalized spacial score (nSPS) is 15.6. The van der Waals surface area contributed by atoms with Crippen LogP contribution >= 0.6 is 0 Å². The smallest absolute Gasteiger partial charge is 0.409 e. The van der Waals surface area contributed by atoms with Gasteiger partial charge in [-0.25, -0.2) is 4.79 Å². The maximum Gasteiger partial charge on any atom is 0.409 e.